The summed E-state index contributed by atoms with van der Waals surface area (Å²) < 4.78 is 13.2. The SMILES string of the molecule is C=CCCC(=O)N(C)[C@H](C)[C@H](OC(=O)[C@H]1[C@@H]2O[C@@]3(CC2Br)[C@@H]1C(=O)N([C@@H](CO)CC(C)C)[C@@H]3C(=O)N(CC=C)c1c(C)cccc1Cl)c1ccccc1. The van der Waals surface area contributed by atoms with Crippen molar-refractivity contribution in [1.82, 2.24) is 9.80 Å². The summed E-state index contributed by atoms with van der Waals surface area (Å²) in [4.78, 5) is 62.1. The van der Waals surface area contributed by atoms with Crippen LogP contribution in [0.5, 0.6) is 0 Å². The van der Waals surface area contributed by atoms with Gasteiger partial charge in [-0.3, -0.25) is 19.2 Å². The number of esters is 1. The van der Waals surface area contributed by atoms with Gasteiger partial charge in [0.1, 0.15) is 17.7 Å². The van der Waals surface area contributed by atoms with Crippen LogP contribution in [0.25, 0.3) is 0 Å². The fraction of sp³-hybridized carbons (Fsp3) is 0.512. The summed E-state index contributed by atoms with van der Waals surface area (Å²) >= 11 is 10.5. The fourth-order valence-electron chi connectivity index (χ4n) is 8.49. The molecular formula is C41H51BrClN3O7. The molecule has 3 fully saturated rings. The smallest absolute Gasteiger partial charge is 0.313 e. The van der Waals surface area contributed by atoms with Crippen molar-refractivity contribution in [2.24, 2.45) is 17.8 Å². The van der Waals surface area contributed by atoms with Crippen molar-refractivity contribution in [3.63, 3.8) is 0 Å². The number of likely N-dealkylation sites (N-methyl/N-ethyl adjacent to an activating group) is 1. The zero-order valence-electron chi connectivity index (χ0n) is 31.1. The van der Waals surface area contributed by atoms with Crippen LogP contribution in [-0.4, -0.2) is 93.5 Å². The van der Waals surface area contributed by atoms with Crippen molar-refractivity contribution >= 4 is 56.9 Å². The number of likely N-dealkylation sites (tertiary alicyclic amines) is 1. The number of aliphatic hydroxyl groups is 1. The summed E-state index contributed by atoms with van der Waals surface area (Å²) in [6.45, 7) is 15.0. The van der Waals surface area contributed by atoms with Crippen molar-refractivity contribution in [3.8, 4) is 0 Å². The molecule has 0 radical (unpaired) electrons. The summed E-state index contributed by atoms with van der Waals surface area (Å²) in [6.07, 6.45) is 3.08. The lowest BCUT2D eigenvalue weighted by Gasteiger charge is -2.40. The Labute approximate surface area is 326 Å². The number of aryl methyl sites for hydroxylation is 1. The number of alkyl halides is 1. The number of amides is 3. The standard InChI is InChI=1S/C41H51BrClN3O7/c1-8-10-19-31(48)44(7)26(6)35(27-16-12-11-13-17-27)52-40(51)32-33-38(49)46(28(23-47)21-24(3)4)37(41(33)22-29(42)36(32)53-41)39(50)45(20-9-2)34-25(5)15-14-18-30(34)43/h8-9,11-18,24,26,28-29,32-33,35-37,47H,1-2,10,19-23H2,3-7H3/t26-,28-,29?,32-,33+,35+,36-,37-,41+/m1/s1. The Morgan fingerprint density at radius 2 is 1.83 bits per heavy atom. The maximum absolute atomic E-state index is 15.2. The van der Waals surface area contributed by atoms with Gasteiger partial charge >= 0.3 is 5.97 Å². The van der Waals surface area contributed by atoms with Crippen LogP contribution in [0.4, 0.5) is 5.69 Å². The molecule has 3 amide bonds. The van der Waals surface area contributed by atoms with Gasteiger partial charge in [-0.15, -0.1) is 13.2 Å². The van der Waals surface area contributed by atoms with Gasteiger partial charge in [0.05, 0.1) is 47.3 Å². The van der Waals surface area contributed by atoms with Gasteiger partial charge in [-0.2, -0.15) is 0 Å². The van der Waals surface area contributed by atoms with Gasteiger partial charge in [0, 0.05) is 24.8 Å². The topological polar surface area (TPSA) is 117 Å². The Kier molecular flexibility index (Phi) is 13.0. The van der Waals surface area contributed by atoms with Gasteiger partial charge in [-0.05, 0) is 56.2 Å². The Hall–Kier alpha value is -3.51. The zero-order valence-corrected chi connectivity index (χ0v) is 33.5. The molecule has 3 saturated heterocycles. The van der Waals surface area contributed by atoms with E-state index in [1.807, 2.05) is 64.1 Å². The average molecular weight is 813 g/mol. The molecule has 3 aliphatic rings. The van der Waals surface area contributed by atoms with Crippen molar-refractivity contribution in [2.75, 3.05) is 25.1 Å². The number of benzene rings is 2. The number of rotatable bonds is 16. The summed E-state index contributed by atoms with van der Waals surface area (Å²) in [5, 5.41) is 11.1. The molecule has 2 aromatic rings. The van der Waals surface area contributed by atoms with Gasteiger partial charge in [-0.1, -0.05) is 96.0 Å². The molecule has 1 spiro atoms. The molecule has 2 bridgehead atoms. The number of hydrogen-bond donors (Lipinski definition) is 1. The monoisotopic (exact) mass is 811 g/mol. The number of carbonyl (C=O) groups is 4. The summed E-state index contributed by atoms with van der Waals surface area (Å²) in [6, 6.07) is 12.1. The molecule has 0 saturated carbocycles. The number of allylic oxidation sites excluding steroid dienone is 1. The first-order valence-electron chi connectivity index (χ1n) is 18.3. The van der Waals surface area contributed by atoms with Crippen molar-refractivity contribution < 1.29 is 33.8 Å². The van der Waals surface area contributed by atoms with E-state index in [-0.39, 0.29) is 42.6 Å². The zero-order chi connectivity index (χ0) is 38.8. The molecule has 3 heterocycles. The largest absolute Gasteiger partial charge is 0.455 e. The molecule has 286 valence electrons. The van der Waals surface area contributed by atoms with E-state index in [0.29, 0.717) is 29.1 Å². The predicted octanol–water partition coefficient (Wildman–Crippen LogP) is 6.42. The van der Waals surface area contributed by atoms with Crippen LogP contribution < -0.4 is 4.90 Å². The highest BCUT2D eigenvalue weighted by Gasteiger charge is 2.77. The van der Waals surface area contributed by atoms with Crippen LogP contribution in [0.1, 0.15) is 63.7 Å². The molecular weight excluding hydrogens is 762 g/mol. The van der Waals surface area contributed by atoms with Crippen LogP contribution in [0, 0.1) is 24.7 Å². The van der Waals surface area contributed by atoms with E-state index in [4.69, 9.17) is 21.1 Å². The molecule has 10 nitrogen and oxygen atoms in total. The Morgan fingerprint density at radius 1 is 1.13 bits per heavy atom. The summed E-state index contributed by atoms with van der Waals surface area (Å²) in [5.74, 6) is -3.74. The number of para-hydroxylation sites is 1. The summed E-state index contributed by atoms with van der Waals surface area (Å²) in [7, 11) is 1.68. The van der Waals surface area contributed by atoms with E-state index in [1.165, 1.54) is 9.80 Å². The van der Waals surface area contributed by atoms with Crippen LogP contribution in [0.2, 0.25) is 5.02 Å². The van der Waals surface area contributed by atoms with E-state index in [0.717, 1.165) is 5.56 Å². The lowest BCUT2D eigenvalue weighted by atomic mass is 9.70. The second-order valence-corrected chi connectivity index (χ2v) is 16.4. The van der Waals surface area contributed by atoms with E-state index in [9.17, 15) is 19.5 Å². The van der Waals surface area contributed by atoms with Gasteiger partial charge in [-0.25, -0.2) is 0 Å². The van der Waals surface area contributed by atoms with Gasteiger partial charge in [0.2, 0.25) is 11.8 Å². The molecule has 1 N–H and O–H groups in total. The van der Waals surface area contributed by atoms with Crippen molar-refractivity contribution in [3.05, 3.63) is 90.0 Å². The third kappa shape index (κ3) is 7.59. The quantitative estimate of drug-likeness (QED) is 0.118. The number of carbonyl (C=O) groups excluding carboxylic acids is 4. The molecule has 53 heavy (non-hydrogen) atoms. The lowest BCUT2D eigenvalue weighted by Crippen LogP contribution is -2.59. The minimum atomic E-state index is -1.42. The van der Waals surface area contributed by atoms with Crippen LogP contribution in [0.15, 0.2) is 73.8 Å². The van der Waals surface area contributed by atoms with Crippen LogP contribution >= 0.6 is 27.5 Å². The van der Waals surface area contributed by atoms with Crippen LogP contribution in [-0.2, 0) is 28.7 Å². The third-order valence-corrected chi connectivity index (χ3v) is 12.1. The Morgan fingerprint density at radius 3 is 2.43 bits per heavy atom. The van der Waals surface area contributed by atoms with E-state index < -0.39 is 65.6 Å². The first kappa shape index (κ1) is 40.7. The lowest BCUT2D eigenvalue weighted by molar-refractivity contribution is -0.165. The second-order valence-electron chi connectivity index (χ2n) is 14.9. The van der Waals surface area contributed by atoms with E-state index >= 15 is 4.79 Å². The average Bonchev–Trinajstić information content (AvgIpc) is 3.73. The maximum Gasteiger partial charge on any atom is 0.313 e. The molecule has 9 atom stereocenters. The third-order valence-electron chi connectivity index (χ3n) is 11.0. The molecule has 0 aromatic heterocycles. The highest BCUT2D eigenvalue weighted by molar-refractivity contribution is 9.09. The molecule has 12 heteroatoms. The molecule has 1 unspecified atom stereocenters. The van der Waals surface area contributed by atoms with Crippen molar-refractivity contribution in [1.29, 1.82) is 0 Å². The minimum absolute atomic E-state index is 0.0740. The number of hydrogen-bond acceptors (Lipinski definition) is 7. The highest BCUT2D eigenvalue weighted by atomic mass is 79.9. The first-order chi connectivity index (χ1) is 25.2. The summed E-state index contributed by atoms with van der Waals surface area (Å²) in [5.41, 5.74) is 0.511. The number of fused-ring (bicyclic) bond motifs is 1. The predicted molar refractivity (Wildman–Crippen MR) is 209 cm³/mol. The van der Waals surface area contributed by atoms with Gasteiger partial charge < -0.3 is 29.3 Å². The maximum atomic E-state index is 15.2. The normalized spacial score (nSPS) is 26.2. The van der Waals surface area contributed by atoms with Crippen LogP contribution in [0.3, 0.4) is 0 Å². The van der Waals surface area contributed by atoms with E-state index in [2.05, 4.69) is 29.1 Å². The number of halogens is 2. The fourth-order valence-corrected chi connectivity index (χ4v) is 9.75. The number of nitrogens with zero attached hydrogens (tertiary/aromatic N) is 3. The van der Waals surface area contributed by atoms with E-state index in [1.54, 1.807) is 36.2 Å². The Balaban J connectivity index is 1.58. The first-order valence-corrected chi connectivity index (χ1v) is 19.6. The molecule has 0 aliphatic carbocycles. The highest BCUT2D eigenvalue weighted by Crippen LogP contribution is 2.61. The molecule has 2 aromatic carbocycles. The van der Waals surface area contributed by atoms with Gasteiger partial charge in [0.25, 0.3) is 5.91 Å². The minimum Gasteiger partial charge on any atom is -0.455 e. The number of aliphatic hydroxyl groups excluding tert-OH is 1. The Bertz CT molecular complexity index is 1690. The molecule has 3 aliphatic heterocycles. The number of anilines is 1. The number of ether oxygens (including phenoxy) is 2. The molecule has 5 rings (SSSR count). The van der Waals surface area contributed by atoms with Crippen molar-refractivity contribution in [2.45, 2.75) is 94.1 Å². The second kappa shape index (κ2) is 16.9. The van der Waals surface area contributed by atoms with Gasteiger partial charge in [0.15, 0.2) is 0 Å².